The Morgan fingerprint density at radius 3 is 2.15 bits per heavy atom. The molecule has 0 aromatic heterocycles. The number of piperidine rings is 1. The van der Waals surface area contributed by atoms with Gasteiger partial charge in [0.05, 0.1) is 16.8 Å². The van der Waals surface area contributed by atoms with Gasteiger partial charge in [-0.3, -0.25) is 19.7 Å². The average molecular weight is 611 g/mol. The summed E-state index contributed by atoms with van der Waals surface area (Å²) in [5.41, 5.74) is 2.03. The number of nitrogens with zero attached hydrogens (tertiary/aromatic N) is 2. The van der Waals surface area contributed by atoms with Gasteiger partial charge in [-0.05, 0) is 64.8 Å². The molecule has 2 aromatic carbocycles. The molecule has 1 unspecified atom stereocenters. The lowest BCUT2D eigenvalue weighted by Gasteiger charge is -2.31. The lowest BCUT2D eigenvalue weighted by Crippen LogP contribution is -2.39. The number of hydrogen-bond acceptors (Lipinski definition) is 7. The standard InChI is InChI=1S/C15H19N3O6.C10H10Cl2O.C4H8/c1-9(15(21)22)16-14(20)12-8-10(2-3-13(12)18(23)24)17-6-4-11(19)5-7-17;1-7(2)13-6-8-9(11)4-3-5-10(8)12;1-4(2)3/h2-3,8-9,11,19H,4-7H2,1H3,(H,16,20)(H,21,22);3-5H,1,6H2,2H3;1H2,2-3H3. The Morgan fingerprint density at radius 1 is 1.15 bits per heavy atom. The van der Waals surface area contributed by atoms with Crippen LogP contribution in [-0.2, 0) is 16.1 Å². The second-order valence-electron chi connectivity index (χ2n) is 9.61. The maximum absolute atomic E-state index is 12.2. The quantitative estimate of drug-likeness (QED) is 0.135. The van der Waals surface area contributed by atoms with Crippen LogP contribution in [0.2, 0.25) is 10.0 Å². The number of ether oxygens (including phenoxy) is 1. The number of nitro groups is 1. The molecule has 3 N–H and O–H groups in total. The highest BCUT2D eigenvalue weighted by Gasteiger charge is 2.26. The van der Waals surface area contributed by atoms with Crippen molar-refractivity contribution in [3.05, 3.63) is 92.2 Å². The Kier molecular flexibility index (Phi) is 14.9. The molecule has 10 nitrogen and oxygen atoms in total. The van der Waals surface area contributed by atoms with Crippen molar-refractivity contribution < 1.29 is 29.5 Å². The number of hydrogen-bond donors (Lipinski definition) is 3. The first kappa shape index (κ1) is 35.4. The van der Waals surface area contributed by atoms with Gasteiger partial charge in [0.1, 0.15) is 18.2 Å². The molecule has 3 rings (SSSR count). The van der Waals surface area contributed by atoms with Gasteiger partial charge in [-0.25, -0.2) is 0 Å². The normalized spacial score (nSPS) is 13.4. The van der Waals surface area contributed by atoms with E-state index >= 15 is 0 Å². The molecule has 0 saturated carbocycles. The third-order valence-electron chi connectivity index (χ3n) is 5.49. The van der Waals surface area contributed by atoms with Gasteiger partial charge >= 0.3 is 5.97 Å². The number of allylic oxidation sites excluding steroid dienone is 2. The fourth-order valence-corrected chi connectivity index (χ4v) is 3.89. The molecule has 1 amide bonds. The molecule has 2 aromatic rings. The van der Waals surface area contributed by atoms with Crippen molar-refractivity contribution in [1.82, 2.24) is 5.32 Å². The minimum absolute atomic E-state index is 0.184. The van der Waals surface area contributed by atoms with Crippen LogP contribution in [0.4, 0.5) is 11.4 Å². The molecular weight excluding hydrogens is 573 g/mol. The number of aliphatic hydroxyl groups excluding tert-OH is 1. The van der Waals surface area contributed by atoms with Gasteiger partial charge in [0.15, 0.2) is 0 Å². The summed E-state index contributed by atoms with van der Waals surface area (Å²) in [7, 11) is 0. The number of halogens is 2. The predicted octanol–water partition coefficient (Wildman–Crippen LogP) is 6.38. The Labute approximate surface area is 250 Å². The maximum Gasteiger partial charge on any atom is 0.325 e. The van der Waals surface area contributed by atoms with Gasteiger partial charge in [0.2, 0.25) is 0 Å². The number of carbonyl (C=O) groups is 2. The minimum Gasteiger partial charge on any atom is -0.494 e. The number of aliphatic carboxylic acids is 1. The maximum atomic E-state index is 12.2. The number of carbonyl (C=O) groups excluding carboxylic acids is 1. The number of anilines is 1. The largest absolute Gasteiger partial charge is 0.494 e. The second-order valence-corrected chi connectivity index (χ2v) is 10.4. The molecular formula is C29H37Cl2N3O7. The summed E-state index contributed by atoms with van der Waals surface area (Å²) in [6.07, 6.45) is 0.793. The van der Waals surface area contributed by atoms with Gasteiger partial charge in [-0.1, -0.05) is 41.4 Å². The fraction of sp³-hybridized carbons (Fsp3) is 0.379. The summed E-state index contributed by atoms with van der Waals surface area (Å²) in [6.45, 7) is 15.7. The van der Waals surface area contributed by atoms with Crippen molar-refractivity contribution in [2.24, 2.45) is 0 Å². The van der Waals surface area contributed by atoms with Crippen molar-refractivity contribution in [2.75, 3.05) is 18.0 Å². The number of rotatable bonds is 8. The van der Waals surface area contributed by atoms with Crippen LogP contribution in [0.3, 0.4) is 0 Å². The number of benzene rings is 2. The number of aliphatic hydroxyl groups is 1. The van der Waals surface area contributed by atoms with E-state index in [1.165, 1.54) is 24.6 Å². The molecule has 1 fully saturated rings. The van der Waals surface area contributed by atoms with Crippen molar-refractivity contribution in [3.8, 4) is 0 Å². The zero-order valence-electron chi connectivity index (χ0n) is 23.7. The molecule has 1 aliphatic heterocycles. The number of amides is 1. The van der Waals surface area contributed by atoms with E-state index in [2.05, 4.69) is 18.5 Å². The highest BCUT2D eigenvalue weighted by Crippen LogP contribution is 2.28. The SMILES string of the molecule is C=C(C)C.C=C(C)OCc1c(Cl)cccc1Cl.CC(NC(=O)c1cc(N2CCC(O)CC2)ccc1[N+](=O)[O-])C(=O)O. The predicted molar refractivity (Wildman–Crippen MR) is 162 cm³/mol. The molecule has 1 heterocycles. The first-order valence-electron chi connectivity index (χ1n) is 12.7. The molecule has 1 aliphatic rings. The van der Waals surface area contributed by atoms with E-state index in [4.69, 9.17) is 33.0 Å². The average Bonchev–Trinajstić information content (AvgIpc) is 2.88. The summed E-state index contributed by atoms with van der Waals surface area (Å²) in [5, 5.41) is 33.0. The highest BCUT2D eigenvalue weighted by atomic mass is 35.5. The molecule has 1 saturated heterocycles. The van der Waals surface area contributed by atoms with Crippen LogP contribution in [-0.4, -0.2) is 52.2 Å². The van der Waals surface area contributed by atoms with E-state index in [-0.39, 0.29) is 17.4 Å². The molecule has 0 aliphatic carbocycles. The minimum atomic E-state index is -1.23. The highest BCUT2D eigenvalue weighted by molar-refractivity contribution is 6.35. The van der Waals surface area contributed by atoms with E-state index < -0.39 is 22.8 Å². The Morgan fingerprint density at radius 2 is 1.68 bits per heavy atom. The molecule has 41 heavy (non-hydrogen) atoms. The van der Waals surface area contributed by atoms with Crippen LogP contribution in [0.1, 0.15) is 56.5 Å². The summed E-state index contributed by atoms with van der Waals surface area (Å²) in [6, 6.07) is 8.38. The fourth-order valence-electron chi connectivity index (χ4n) is 3.39. The Balaban J connectivity index is 0.000000413. The number of carboxylic acids is 1. The van der Waals surface area contributed by atoms with E-state index in [0.717, 1.165) is 5.56 Å². The topological polar surface area (TPSA) is 142 Å². The van der Waals surface area contributed by atoms with Crippen LogP contribution in [0, 0.1) is 10.1 Å². The third-order valence-corrected chi connectivity index (χ3v) is 6.20. The lowest BCUT2D eigenvalue weighted by atomic mass is 10.1. The molecule has 0 spiro atoms. The summed E-state index contributed by atoms with van der Waals surface area (Å²) >= 11 is 11.8. The lowest BCUT2D eigenvalue weighted by molar-refractivity contribution is -0.385. The van der Waals surface area contributed by atoms with Crippen LogP contribution >= 0.6 is 23.2 Å². The zero-order valence-corrected chi connectivity index (χ0v) is 25.2. The summed E-state index contributed by atoms with van der Waals surface area (Å²) < 4.78 is 5.23. The van der Waals surface area contributed by atoms with Crippen LogP contribution < -0.4 is 10.2 Å². The zero-order chi connectivity index (χ0) is 31.3. The van der Waals surface area contributed by atoms with E-state index in [9.17, 15) is 24.8 Å². The van der Waals surface area contributed by atoms with E-state index in [1.807, 2.05) is 18.7 Å². The van der Waals surface area contributed by atoms with Crippen LogP contribution in [0.5, 0.6) is 0 Å². The first-order valence-corrected chi connectivity index (χ1v) is 13.5. The number of nitro benzene ring substituents is 1. The molecule has 0 radical (unpaired) electrons. The van der Waals surface area contributed by atoms with E-state index in [0.29, 0.717) is 54.0 Å². The molecule has 12 heteroatoms. The Bertz CT molecular complexity index is 1220. The van der Waals surface area contributed by atoms with Crippen molar-refractivity contribution in [3.63, 3.8) is 0 Å². The summed E-state index contributed by atoms with van der Waals surface area (Å²) in [5.74, 6) is -1.39. The van der Waals surface area contributed by atoms with Gasteiger partial charge in [0, 0.05) is 40.5 Å². The number of nitrogens with one attached hydrogen (secondary N) is 1. The summed E-state index contributed by atoms with van der Waals surface area (Å²) in [4.78, 5) is 35.5. The van der Waals surface area contributed by atoms with Gasteiger partial charge in [-0.15, -0.1) is 6.58 Å². The van der Waals surface area contributed by atoms with Gasteiger partial charge in [0.25, 0.3) is 11.6 Å². The third kappa shape index (κ3) is 12.6. The monoisotopic (exact) mass is 609 g/mol. The first-order chi connectivity index (χ1) is 19.1. The van der Waals surface area contributed by atoms with Crippen LogP contribution in [0.15, 0.2) is 60.9 Å². The van der Waals surface area contributed by atoms with Crippen molar-refractivity contribution in [2.45, 2.75) is 59.3 Å². The number of carboxylic acid groups (broad SMARTS) is 1. The van der Waals surface area contributed by atoms with Crippen LogP contribution in [0.25, 0.3) is 0 Å². The van der Waals surface area contributed by atoms with Gasteiger partial charge < -0.3 is 25.2 Å². The van der Waals surface area contributed by atoms with E-state index in [1.54, 1.807) is 31.2 Å². The molecule has 1 atom stereocenters. The van der Waals surface area contributed by atoms with Gasteiger partial charge in [-0.2, -0.15) is 0 Å². The Hall–Kier alpha value is -3.60. The van der Waals surface area contributed by atoms with Crippen molar-refractivity contribution in [1.29, 1.82) is 0 Å². The molecule has 0 bridgehead atoms. The smallest absolute Gasteiger partial charge is 0.325 e. The van der Waals surface area contributed by atoms with Crippen molar-refractivity contribution >= 4 is 46.5 Å². The molecule has 224 valence electrons. The second kappa shape index (κ2) is 17.3.